The molecule has 0 radical (unpaired) electrons. The Bertz CT molecular complexity index is 534. The number of imidazole rings is 1. The Hall–Kier alpha value is -1.45. The van der Waals surface area contributed by atoms with Gasteiger partial charge in [-0.15, -0.1) is 6.58 Å². The average molecular weight is 268 g/mol. The highest BCUT2D eigenvalue weighted by Crippen LogP contribution is 2.26. The highest BCUT2D eigenvalue weighted by molar-refractivity contribution is 6.34. The highest BCUT2D eigenvalue weighted by atomic mass is 35.5. The molecule has 5 heteroatoms. The summed E-state index contributed by atoms with van der Waals surface area (Å²) in [5, 5.41) is 4.37. The zero-order chi connectivity index (χ0) is 12.3. The van der Waals surface area contributed by atoms with E-state index in [1.54, 1.807) is 30.5 Å². The summed E-state index contributed by atoms with van der Waals surface area (Å²) in [7, 11) is 0. The Morgan fingerprint density at radius 2 is 2.24 bits per heavy atom. The predicted octanol–water partition coefficient (Wildman–Crippen LogP) is 3.78. The normalized spacial score (nSPS) is 10.2. The van der Waals surface area contributed by atoms with Crippen LogP contribution in [-0.4, -0.2) is 16.1 Å². The second-order valence-corrected chi connectivity index (χ2v) is 4.23. The summed E-state index contributed by atoms with van der Waals surface area (Å²) in [5.41, 5.74) is 0.795. The molecule has 2 rings (SSSR count). The van der Waals surface area contributed by atoms with E-state index in [1.807, 2.05) is 10.8 Å². The van der Waals surface area contributed by atoms with E-state index in [9.17, 15) is 0 Å². The molecule has 0 saturated carbocycles. The van der Waals surface area contributed by atoms with E-state index in [4.69, 9.17) is 23.2 Å². The molecule has 1 aromatic heterocycles. The Balaban J connectivity index is 2.42. The molecule has 0 aliphatic carbocycles. The molecular formula is C12H11Cl2N3. The van der Waals surface area contributed by atoms with Crippen molar-refractivity contribution >= 4 is 29.2 Å². The van der Waals surface area contributed by atoms with Crippen LogP contribution in [0.2, 0.25) is 10.0 Å². The van der Waals surface area contributed by atoms with E-state index in [1.165, 1.54) is 0 Å². The summed E-state index contributed by atoms with van der Waals surface area (Å²) >= 11 is 12.1. The van der Waals surface area contributed by atoms with Gasteiger partial charge in [0, 0.05) is 24.0 Å². The number of rotatable bonds is 4. The standard InChI is InChI=1S/C12H11Cl2N3/c1-2-5-15-12-16-6-7-17(12)11-8-9(13)3-4-10(11)14/h2-4,6-8H,1,5H2,(H,15,16). The number of aromatic nitrogens is 2. The lowest BCUT2D eigenvalue weighted by Crippen LogP contribution is -2.05. The number of nitrogens with one attached hydrogen (secondary N) is 1. The van der Waals surface area contributed by atoms with E-state index in [2.05, 4.69) is 16.9 Å². The number of benzene rings is 1. The minimum Gasteiger partial charge on any atom is -0.352 e. The van der Waals surface area contributed by atoms with Crippen LogP contribution in [0.25, 0.3) is 5.69 Å². The molecule has 88 valence electrons. The van der Waals surface area contributed by atoms with Gasteiger partial charge in [0.2, 0.25) is 5.95 Å². The summed E-state index contributed by atoms with van der Waals surface area (Å²) in [6, 6.07) is 5.31. The van der Waals surface area contributed by atoms with Crippen molar-refractivity contribution < 1.29 is 0 Å². The minimum atomic E-state index is 0.619. The second-order valence-electron chi connectivity index (χ2n) is 3.39. The summed E-state index contributed by atoms with van der Waals surface area (Å²) in [6.45, 7) is 4.28. The third-order valence-corrected chi connectivity index (χ3v) is 2.77. The number of hydrogen-bond acceptors (Lipinski definition) is 2. The van der Waals surface area contributed by atoms with Crippen LogP contribution < -0.4 is 5.32 Å². The first-order chi connectivity index (χ1) is 8.22. The van der Waals surface area contributed by atoms with E-state index in [-0.39, 0.29) is 0 Å². The molecule has 1 heterocycles. The first-order valence-electron chi connectivity index (χ1n) is 5.06. The van der Waals surface area contributed by atoms with Crippen molar-refractivity contribution in [2.75, 3.05) is 11.9 Å². The molecule has 3 nitrogen and oxygen atoms in total. The van der Waals surface area contributed by atoms with Gasteiger partial charge in [-0.2, -0.15) is 0 Å². The molecule has 0 bridgehead atoms. The van der Waals surface area contributed by atoms with Crippen molar-refractivity contribution in [3.05, 3.63) is 53.3 Å². The topological polar surface area (TPSA) is 29.9 Å². The lowest BCUT2D eigenvalue weighted by atomic mass is 10.3. The Kier molecular flexibility index (Phi) is 3.71. The van der Waals surface area contributed by atoms with Crippen molar-refractivity contribution in [3.63, 3.8) is 0 Å². The molecule has 2 aromatic rings. The Morgan fingerprint density at radius 3 is 3.00 bits per heavy atom. The molecule has 0 atom stereocenters. The van der Waals surface area contributed by atoms with Gasteiger partial charge >= 0.3 is 0 Å². The van der Waals surface area contributed by atoms with Gasteiger partial charge in [-0.3, -0.25) is 4.57 Å². The molecule has 0 aliphatic rings. The molecule has 17 heavy (non-hydrogen) atoms. The molecule has 0 spiro atoms. The molecule has 1 aromatic carbocycles. The Labute approximate surface area is 110 Å². The maximum absolute atomic E-state index is 6.14. The summed E-state index contributed by atoms with van der Waals surface area (Å²) in [6.07, 6.45) is 5.28. The van der Waals surface area contributed by atoms with E-state index >= 15 is 0 Å². The third-order valence-electron chi connectivity index (χ3n) is 2.21. The maximum Gasteiger partial charge on any atom is 0.207 e. The fourth-order valence-electron chi connectivity index (χ4n) is 1.46. The van der Waals surface area contributed by atoms with Crippen LogP contribution in [0.15, 0.2) is 43.2 Å². The van der Waals surface area contributed by atoms with Gasteiger partial charge in [-0.1, -0.05) is 29.3 Å². The predicted molar refractivity (Wildman–Crippen MR) is 72.3 cm³/mol. The number of anilines is 1. The molecule has 0 unspecified atom stereocenters. The van der Waals surface area contributed by atoms with Gasteiger partial charge in [-0.25, -0.2) is 4.98 Å². The van der Waals surface area contributed by atoms with Gasteiger partial charge < -0.3 is 5.32 Å². The third kappa shape index (κ3) is 2.62. The van der Waals surface area contributed by atoms with E-state index in [0.29, 0.717) is 22.5 Å². The zero-order valence-electron chi connectivity index (χ0n) is 9.03. The fraction of sp³-hybridized carbons (Fsp3) is 0.0833. The van der Waals surface area contributed by atoms with Crippen LogP contribution in [0.3, 0.4) is 0 Å². The van der Waals surface area contributed by atoms with Gasteiger partial charge in [-0.05, 0) is 18.2 Å². The van der Waals surface area contributed by atoms with Crippen molar-refractivity contribution in [2.24, 2.45) is 0 Å². The monoisotopic (exact) mass is 267 g/mol. The maximum atomic E-state index is 6.14. The molecular weight excluding hydrogens is 257 g/mol. The molecule has 0 aliphatic heterocycles. The second kappa shape index (κ2) is 5.25. The van der Waals surface area contributed by atoms with Crippen LogP contribution in [0.5, 0.6) is 0 Å². The Morgan fingerprint density at radius 1 is 1.41 bits per heavy atom. The lowest BCUT2D eigenvalue weighted by molar-refractivity contribution is 1.04. The van der Waals surface area contributed by atoms with E-state index < -0.39 is 0 Å². The quantitative estimate of drug-likeness (QED) is 0.855. The van der Waals surface area contributed by atoms with Gasteiger partial charge in [0.05, 0.1) is 10.7 Å². The lowest BCUT2D eigenvalue weighted by Gasteiger charge is -2.10. The summed E-state index contributed by atoms with van der Waals surface area (Å²) < 4.78 is 1.84. The summed E-state index contributed by atoms with van der Waals surface area (Å²) in [4.78, 5) is 4.20. The first kappa shape index (κ1) is 12.0. The van der Waals surface area contributed by atoms with Crippen LogP contribution in [0, 0.1) is 0 Å². The van der Waals surface area contributed by atoms with Crippen LogP contribution >= 0.6 is 23.2 Å². The molecule has 1 N–H and O–H groups in total. The van der Waals surface area contributed by atoms with Gasteiger partial charge in [0.25, 0.3) is 0 Å². The first-order valence-corrected chi connectivity index (χ1v) is 5.81. The summed E-state index contributed by atoms with van der Waals surface area (Å²) in [5.74, 6) is 0.703. The van der Waals surface area contributed by atoms with Crippen molar-refractivity contribution in [1.29, 1.82) is 0 Å². The van der Waals surface area contributed by atoms with Gasteiger partial charge in [0.1, 0.15) is 0 Å². The molecule has 0 fully saturated rings. The highest BCUT2D eigenvalue weighted by Gasteiger charge is 2.08. The van der Waals surface area contributed by atoms with Crippen molar-refractivity contribution in [2.45, 2.75) is 0 Å². The molecule has 0 amide bonds. The molecule has 0 saturated heterocycles. The number of halogens is 2. The van der Waals surface area contributed by atoms with Crippen molar-refractivity contribution in [1.82, 2.24) is 9.55 Å². The SMILES string of the molecule is C=CCNc1nccn1-c1cc(Cl)ccc1Cl. The van der Waals surface area contributed by atoms with Crippen LogP contribution in [0.1, 0.15) is 0 Å². The van der Waals surface area contributed by atoms with Crippen molar-refractivity contribution in [3.8, 4) is 5.69 Å². The number of hydrogen-bond donors (Lipinski definition) is 1. The fourth-order valence-corrected chi connectivity index (χ4v) is 1.84. The minimum absolute atomic E-state index is 0.619. The smallest absolute Gasteiger partial charge is 0.207 e. The zero-order valence-corrected chi connectivity index (χ0v) is 10.5. The average Bonchev–Trinajstić information content (AvgIpc) is 2.77. The van der Waals surface area contributed by atoms with Crippen LogP contribution in [0.4, 0.5) is 5.95 Å². The van der Waals surface area contributed by atoms with Crippen LogP contribution in [-0.2, 0) is 0 Å². The number of nitrogens with zero attached hydrogens (tertiary/aromatic N) is 2. The van der Waals surface area contributed by atoms with E-state index in [0.717, 1.165) is 5.69 Å². The van der Waals surface area contributed by atoms with Gasteiger partial charge in [0.15, 0.2) is 0 Å². The largest absolute Gasteiger partial charge is 0.352 e.